The lowest BCUT2D eigenvalue weighted by Gasteiger charge is -2.16. The molecule has 0 saturated carbocycles. The van der Waals surface area contributed by atoms with Crippen molar-refractivity contribution in [3.8, 4) is 0 Å². The van der Waals surface area contributed by atoms with Gasteiger partial charge in [-0.3, -0.25) is 9.59 Å². The monoisotopic (exact) mass is 403 g/mol. The number of amides is 1. The Balaban J connectivity index is 1.77. The van der Waals surface area contributed by atoms with E-state index in [1.54, 1.807) is 19.1 Å². The Kier molecular flexibility index (Phi) is 5.45. The Morgan fingerprint density at radius 1 is 1.18 bits per heavy atom. The molecule has 1 aliphatic rings. The van der Waals surface area contributed by atoms with Crippen LogP contribution in [-0.4, -0.2) is 43.5 Å². The molecule has 0 spiro atoms. The van der Waals surface area contributed by atoms with Crippen LogP contribution in [0.3, 0.4) is 0 Å². The van der Waals surface area contributed by atoms with Crippen LogP contribution in [0.1, 0.15) is 63.5 Å². The Labute approximate surface area is 165 Å². The summed E-state index contributed by atoms with van der Waals surface area (Å²) in [5.74, 6) is -0.197. The Bertz CT molecular complexity index is 1020. The summed E-state index contributed by atoms with van der Waals surface area (Å²) in [7, 11) is -0.527. The third kappa shape index (κ3) is 3.62. The standard InChI is InChI=1S/C20H25N3O4S/c1-12-18-16(6-5-7-17(18)24)22-19(12)20(25)21-13(2)14-8-10-15(11-9-14)28(26,27)23(3)4/h8-11,13,22H,5-7H2,1-4H3,(H,21,25)/t13-/m1/s1. The molecule has 150 valence electrons. The zero-order valence-corrected chi connectivity index (χ0v) is 17.3. The lowest BCUT2D eigenvalue weighted by molar-refractivity contribution is 0.0934. The summed E-state index contributed by atoms with van der Waals surface area (Å²) >= 11 is 0. The van der Waals surface area contributed by atoms with E-state index < -0.39 is 10.0 Å². The number of aryl methyl sites for hydroxylation is 1. The van der Waals surface area contributed by atoms with Gasteiger partial charge in [0.2, 0.25) is 10.0 Å². The van der Waals surface area contributed by atoms with Gasteiger partial charge in [0.05, 0.1) is 10.9 Å². The number of sulfonamides is 1. The molecule has 1 heterocycles. The van der Waals surface area contributed by atoms with Crippen LogP contribution in [0.5, 0.6) is 0 Å². The van der Waals surface area contributed by atoms with E-state index in [2.05, 4.69) is 10.3 Å². The van der Waals surface area contributed by atoms with Crippen molar-refractivity contribution < 1.29 is 18.0 Å². The third-order valence-electron chi connectivity index (χ3n) is 5.17. The van der Waals surface area contributed by atoms with Crippen LogP contribution in [0.15, 0.2) is 29.2 Å². The highest BCUT2D eigenvalue weighted by Crippen LogP contribution is 2.27. The van der Waals surface area contributed by atoms with E-state index in [1.807, 2.05) is 6.92 Å². The first-order valence-electron chi connectivity index (χ1n) is 9.21. The highest BCUT2D eigenvalue weighted by molar-refractivity contribution is 7.89. The summed E-state index contributed by atoms with van der Waals surface area (Å²) < 4.78 is 25.5. The molecule has 8 heteroatoms. The van der Waals surface area contributed by atoms with Gasteiger partial charge in [-0.15, -0.1) is 0 Å². The zero-order chi connectivity index (χ0) is 20.6. The lowest BCUT2D eigenvalue weighted by Crippen LogP contribution is -2.27. The molecular formula is C20H25N3O4S. The number of nitrogens with one attached hydrogen (secondary N) is 2. The fraction of sp³-hybridized carbons (Fsp3) is 0.400. The molecule has 0 fully saturated rings. The van der Waals surface area contributed by atoms with Crippen LogP contribution in [0, 0.1) is 6.92 Å². The van der Waals surface area contributed by atoms with Crippen molar-refractivity contribution in [2.24, 2.45) is 0 Å². The number of fused-ring (bicyclic) bond motifs is 1. The molecule has 1 aliphatic carbocycles. The number of Topliss-reactive ketones (excluding diaryl/α,β-unsaturated/α-hetero) is 1. The minimum atomic E-state index is -3.49. The molecule has 0 bridgehead atoms. The fourth-order valence-corrected chi connectivity index (χ4v) is 4.39. The second-order valence-corrected chi connectivity index (χ2v) is 9.46. The minimum Gasteiger partial charge on any atom is -0.354 e. The molecule has 1 aromatic heterocycles. The summed E-state index contributed by atoms with van der Waals surface area (Å²) in [5.41, 5.74) is 3.39. The number of aromatic amines is 1. The van der Waals surface area contributed by atoms with Gasteiger partial charge in [0.1, 0.15) is 5.69 Å². The van der Waals surface area contributed by atoms with Crippen molar-refractivity contribution in [1.82, 2.24) is 14.6 Å². The van der Waals surface area contributed by atoms with E-state index in [1.165, 1.54) is 26.2 Å². The van der Waals surface area contributed by atoms with Gasteiger partial charge in [0.15, 0.2) is 5.78 Å². The molecule has 0 unspecified atom stereocenters. The van der Waals surface area contributed by atoms with Gasteiger partial charge >= 0.3 is 0 Å². The first-order valence-corrected chi connectivity index (χ1v) is 10.6. The first-order chi connectivity index (χ1) is 13.1. The number of rotatable bonds is 5. The second-order valence-electron chi connectivity index (χ2n) is 7.31. The summed E-state index contributed by atoms with van der Waals surface area (Å²) in [6.07, 6.45) is 2.09. The molecule has 0 saturated heterocycles. The van der Waals surface area contributed by atoms with Crippen LogP contribution in [0.4, 0.5) is 0 Å². The number of aromatic nitrogens is 1. The quantitative estimate of drug-likeness (QED) is 0.801. The molecular weight excluding hydrogens is 378 g/mol. The summed E-state index contributed by atoms with van der Waals surface area (Å²) in [4.78, 5) is 28.2. The van der Waals surface area contributed by atoms with Crippen molar-refractivity contribution in [2.75, 3.05) is 14.1 Å². The minimum absolute atomic E-state index is 0.0831. The summed E-state index contributed by atoms with van der Waals surface area (Å²) in [6.45, 7) is 3.62. The SMILES string of the molecule is Cc1c(C(=O)N[C@H](C)c2ccc(S(=O)(=O)N(C)C)cc2)[nH]c2c1C(=O)CCC2. The molecule has 1 amide bonds. The van der Waals surface area contributed by atoms with Crippen LogP contribution in [0.25, 0.3) is 0 Å². The summed E-state index contributed by atoms with van der Waals surface area (Å²) in [5, 5.41) is 2.92. The number of carbonyl (C=O) groups is 2. The fourth-order valence-electron chi connectivity index (χ4n) is 3.49. The van der Waals surface area contributed by atoms with Crippen LogP contribution in [0.2, 0.25) is 0 Å². The molecule has 0 radical (unpaired) electrons. The number of benzene rings is 1. The van der Waals surface area contributed by atoms with E-state index in [9.17, 15) is 18.0 Å². The second kappa shape index (κ2) is 7.52. The number of hydrogen-bond donors (Lipinski definition) is 2. The Hall–Kier alpha value is -2.45. The topological polar surface area (TPSA) is 99.3 Å². The summed E-state index contributed by atoms with van der Waals surface area (Å²) in [6, 6.07) is 6.13. The Morgan fingerprint density at radius 3 is 2.39 bits per heavy atom. The van der Waals surface area contributed by atoms with Gasteiger partial charge in [-0.05, 0) is 49.9 Å². The molecule has 1 atom stereocenters. The molecule has 3 rings (SSSR count). The average Bonchev–Trinajstić information content (AvgIpc) is 2.99. The van der Waals surface area contributed by atoms with Gasteiger partial charge in [0.25, 0.3) is 5.91 Å². The van der Waals surface area contributed by atoms with Crippen molar-refractivity contribution in [1.29, 1.82) is 0 Å². The maximum atomic E-state index is 12.7. The van der Waals surface area contributed by atoms with E-state index in [0.717, 1.165) is 28.4 Å². The van der Waals surface area contributed by atoms with E-state index in [-0.39, 0.29) is 22.6 Å². The van der Waals surface area contributed by atoms with Crippen molar-refractivity contribution in [2.45, 2.75) is 44.0 Å². The predicted octanol–water partition coefficient (Wildman–Crippen LogP) is 2.58. The highest BCUT2D eigenvalue weighted by Gasteiger charge is 2.27. The molecule has 2 aromatic rings. The van der Waals surface area contributed by atoms with E-state index in [0.29, 0.717) is 23.2 Å². The molecule has 28 heavy (non-hydrogen) atoms. The molecule has 0 aliphatic heterocycles. The normalized spacial score (nSPS) is 15.4. The predicted molar refractivity (Wildman–Crippen MR) is 106 cm³/mol. The van der Waals surface area contributed by atoms with Crippen LogP contribution in [-0.2, 0) is 16.4 Å². The highest BCUT2D eigenvalue weighted by atomic mass is 32.2. The number of carbonyl (C=O) groups excluding carboxylic acids is 2. The van der Waals surface area contributed by atoms with Crippen molar-refractivity contribution >= 4 is 21.7 Å². The van der Waals surface area contributed by atoms with Crippen molar-refractivity contribution in [3.63, 3.8) is 0 Å². The zero-order valence-electron chi connectivity index (χ0n) is 16.5. The maximum Gasteiger partial charge on any atom is 0.268 e. The van der Waals surface area contributed by atoms with Crippen LogP contribution >= 0.6 is 0 Å². The van der Waals surface area contributed by atoms with Gasteiger partial charge in [0, 0.05) is 31.8 Å². The van der Waals surface area contributed by atoms with Crippen LogP contribution < -0.4 is 5.32 Å². The Morgan fingerprint density at radius 2 is 1.82 bits per heavy atom. The first kappa shape index (κ1) is 20.3. The van der Waals surface area contributed by atoms with Gasteiger partial charge in [-0.1, -0.05) is 12.1 Å². The number of ketones is 1. The number of H-pyrrole nitrogens is 1. The van der Waals surface area contributed by atoms with Gasteiger partial charge in [-0.25, -0.2) is 12.7 Å². The van der Waals surface area contributed by atoms with Gasteiger partial charge in [-0.2, -0.15) is 0 Å². The van der Waals surface area contributed by atoms with Gasteiger partial charge < -0.3 is 10.3 Å². The maximum absolute atomic E-state index is 12.7. The largest absolute Gasteiger partial charge is 0.354 e. The van der Waals surface area contributed by atoms with Crippen molar-refractivity contribution in [3.05, 3.63) is 52.3 Å². The number of nitrogens with zero attached hydrogens (tertiary/aromatic N) is 1. The average molecular weight is 404 g/mol. The lowest BCUT2D eigenvalue weighted by atomic mass is 9.94. The molecule has 7 nitrogen and oxygen atoms in total. The van der Waals surface area contributed by atoms with E-state index in [4.69, 9.17) is 0 Å². The third-order valence-corrected chi connectivity index (χ3v) is 7.00. The smallest absolute Gasteiger partial charge is 0.268 e. The number of hydrogen-bond acceptors (Lipinski definition) is 4. The van der Waals surface area contributed by atoms with E-state index >= 15 is 0 Å². The molecule has 2 N–H and O–H groups in total. The molecule has 1 aromatic carbocycles.